The molecule has 1 aromatic carbocycles. The number of aromatic hydroxyl groups is 1. The molecule has 0 atom stereocenters. The summed E-state index contributed by atoms with van der Waals surface area (Å²) in [6.45, 7) is 3.65. The summed E-state index contributed by atoms with van der Waals surface area (Å²) >= 11 is 0. The molecule has 0 radical (unpaired) electrons. The number of carbonyl (C=O) groups excluding carboxylic acids is 2. The van der Waals surface area contributed by atoms with Gasteiger partial charge in [-0.3, -0.25) is 0 Å². The lowest BCUT2D eigenvalue weighted by atomic mass is 10.1. The van der Waals surface area contributed by atoms with Crippen LogP contribution in [-0.4, -0.2) is 31.3 Å². The zero-order valence-electron chi connectivity index (χ0n) is 14.0. The molecule has 1 aliphatic rings. The lowest BCUT2D eigenvalue weighted by Gasteiger charge is -2.24. The van der Waals surface area contributed by atoms with Crippen LogP contribution in [0.5, 0.6) is 5.75 Å². The summed E-state index contributed by atoms with van der Waals surface area (Å²) in [6.07, 6.45) is 6.29. The van der Waals surface area contributed by atoms with E-state index in [0.717, 1.165) is 5.56 Å². The highest BCUT2D eigenvalue weighted by molar-refractivity contribution is 6.05. The Morgan fingerprint density at radius 2 is 1.71 bits per heavy atom. The van der Waals surface area contributed by atoms with Gasteiger partial charge in [0.15, 0.2) is 0 Å². The number of hydrogen-bond acceptors (Lipinski definition) is 6. The van der Waals surface area contributed by atoms with Crippen LogP contribution in [0.4, 0.5) is 5.69 Å². The summed E-state index contributed by atoms with van der Waals surface area (Å²) in [5.74, 6) is -1.37. The molecule has 6 nitrogen and oxygen atoms in total. The molecule has 0 aliphatic carbocycles. The van der Waals surface area contributed by atoms with Gasteiger partial charge in [0.2, 0.25) is 0 Å². The Kier molecular flexibility index (Phi) is 5.08. The maximum atomic E-state index is 12.3. The van der Waals surface area contributed by atoms with Crippen LogP contribution < -0.4 is 4.90 Å². The fraction of sp³-hybridized carbons (Fsp3) is 0.222. The first-order valence-electron chi connectivity index (χ1n) is 7.26. The van der Waals surface area contributed by atoms with Crippen molar-refractivity contribution >= 4 is 17.6 Å². The van der Waals surface area contributed by atoms with Crippen molar-refractivity contribution in [2.75, 3.05) is 19.1 Å². The number of rotatable bonds is 3. The zero-order valence-corrected chi connectivity index (χ0v) is 14.0. The standard InChI is InChI=1S/C18H19NO5/c1-11-8-9-14(16(20)12(11)2)19-10-6-5-7-13(17(21)23-3)15(19)18(22)24-4/h5-10,20H,1-4H3. The molecule has 1 N–H and O–H groups in total. The van der Waals surface area contributed by atoms with E-state index in [1.165, 1.54) is 25.2 Å². The Morgan fingerprint density at radius 1 is 1.04 bits per heavy atom. The van der Waals surface area contributed by atoms with Crippen molar-refractivity contribution in [2.45, 2.75) is 13.8 Å². The lowest BCUT2D eigenvalue weighted by molar-refractivity contribution is -0.139. The first kappa shape index (κ1) is 17.3. The Labute approximate surface area is 140 Å². The number of aryl methyl sites for hydroxylation is 1. The smallest absolute Gasteiger partial charge is 0.355 e. The topological polar surface area (TPSA) is 76.1 Å². The molecule has 1 aromatic rings. The first-order valence-corrected chi connectivity index (χ1v) is 7.26. The third-order valence-electron chi connectivity index (χ3n) is 3.83. The van der Waals surface area contributed by atoms with Crippen LogP contribution in [0, 0.1) is 13.8 Å². The average molecular weight is 329 g/mol. The minimum absolute atomic E-state index is 0.0205. The summed E-state index contributed by atoms with van der Waals surface area (Å²) in [5.41, 5.74) is 1.95. The largest absolute Gasteiger partial charge is 0.505 e. The molecule has 2 rings (SSSR count). The summed E-state index contributed by atoms with van der Waals surface area (Å²) in [4.78, 5) is 25.8. The van der Waals surface area contributed by atoms with Crippen molar-refractivity contribution in [3.05, 3.63) is 59.0 Å². The van der Waals surface area contributed by atoms with Crippen molar-refractivity contribution in [3.63, 3.8) is 0 Å². The molecular weight excluding hydrogens is 310 g/mol. The Hall–Kier alpha value is -3.02. The van der Waals surface area contributed by atoms with E-state index in [9.17, 15) is 14.7 Å². The number of allylic oxidation sites excluding steroid dienone is 2. The first-order chi connectivity index (χ1) is 11.4. The molecule has 24 heavy (non-hydrogen) atoms. The predicted octanol–water partition coefficient (Wildman–Crippen LogP) is 2.50. The van der Waals surface area contributed by atoms with Crippen LogP contribution >= 0.6 is 0 Å². The maximum absolute atomic E-state index is 12.3. The SMILES string of the molecule is COC(=O)C1=C(C(=O)OC)N(c2ccc(C)c(C)c2O)C=CC=C1. The molecule has 0 spiro atoms. The van der Waals surface area contributed by atoms with Gasteiger partial charge in [0.05, 0.1) is 25.5 Å². The molecule has 6 heteroatoms. The highest BCUT2D eigenvalue weighted by Gasteiger charge is 2.29. The maximum Gasteiger partial charge on any atom is 0.355 e. The molecule has 0 fully saturated rings. The number of phenols is 1. The number of hydrogen-bond donors (Lipinski definition) is 1. The Bertz CT molecular complexity index is 774. The molecular formula is C18H19NO5. The summed E-state index contributed by atoms with van der Waals surface area (Å²) in [6, 6.07) is 3.49. The fourth-order valence-electron chi connectivity index (χ4n) is 2.33. The van der Waals surface area contributed by atoms with Gasteiger partial charge in [-0.15, -0.1) is 0 Å². The van der Waals surface area contributed by atoms with E-state index < -0.39 is 11.9 Å². The number of nitrogens with zero attached hydrogens (tertiary/aromatic N) is 1. The minimum atomic E-state index is -0.718. The van der Waals surface area contributed by atoms with E-state index in [0.29, 0.717) is 11.3 Å². The highest BCUT2D eigenvalue weighted by atomic mass is 16.5. The molecule has 0 saturated heterocycles. The number of benzene rings is 1. The molecule has 0 unspecified atom stereocenters. The number of esters is 2. The van der Waals surface area contributed by atoms with E-state index in [-0.39, 0.29) is 17.0 Å². The van der Waals surface area contributed by atoms with Gasteiger partial charge in [-0.2, -0.15) is 0 Å². The Balaban J connectivity index is 2.73. The second kappa shape index (κ2) is 7.04. The summed E-state index contributed by atoms with van der Waals surface area (Å²) < 4.78 is 9.57. The number of phenolic OH excluding ortho intramolecular Hbond substituents is 1. The molecule has 126 valence electrons. The predicted molar refractivity (Wildman–Crippen MR) is 89.4 cm³/mol. The van der Waals surface area contributed by atoms with Crippen molar-refractivity contribution in [2.24, 2.45) is 0 Å². The van der Waals surface area contributed by atoms with Crippen LogP contribution in [0.2, 0.25) is 0 Å². The van der Waals surface area contributed by atoms with Crippen molar-refractivity contribution in [1.82, 2.24) is 0 Å². The summed E-state index contributed by atoms with van der Waals surface area (Å²) in [7, 11) is 2.45. The van der Waals surface area contributed by atoms with E-state index in [1.54, 1.807) is 31.3 Å². The molecule has 1 heterocycles. The number of carbonyl (C=O) groups is 2. The second-order valence-electron chi connectivity index (χ2n) is 5.19. The van der Waals surface area contributed by atoms with Gasteiger partial charge in [-0.1, -0.05) is 12.1 Å². The lowest BCUT2D eigenvalue weighted by Crippen LogP contribution is -2.27. The van der Waals surface area contributed by atoms with E-state index in [4.69, 9.17) is 9.47 Å². The van der Waals surface area contributed by atoms with Crippen molar-refractivity contribution in [1.29, 1.82) is 0 Å². The van der Waals surface area contributed by atoms with Gasteiger partial charge in [0, 0.05) is 6.20 Å². The van der Waals surface area contributed by atoms with Gasteiger partial charge in [-0.05, 0) is 43.2 Å². The monoisotopic (exact) mass is 329 g/mol. The van der Waals surface area contributed by atoms with E-state index >= 15 is 0 Å². The van der Waals surface area contributed by atoms with Crippen LogP contribution in [-0.2, 0) is 19.1 Å². The van der Waals surface area contributed by atoms with Crippen molar-refractivity contribution < 1.29 is 24.2 Å². The fourth-order valence-corrected chi connectivity index (χ4v) is 2.33. The van der Waals surface area contributed by atoms with E-state index in [2.05, 4.69) is 0 Å². The van der Waals surface area contributed by atoms with Gasteiger partial charge in [0.1, 0.15) is 11.4 Å². The van der Waals surface area contributed by atoms with Crippen molar-refractivity contribution in [3.8, 4) is 5.75 Å². The number of methoxy groups -OCH3 is 2. The quantitative estimate of drug-likeness (QED) is 0.859. The highest BCUT2D eigenvalue weighted by Crippen LogP contribution is 2.36. The molecule has 0 aromatic heterocycles. The van der Waals surface area contributed by atoms with Crippen LogP contribution in [0.3, 0.4) is 0 Å². The normalized spacial score (nSPS) is 13.8. The van der Waals surface area contributed by atoms with Crippen LogP contribution in [0.15, 0.2) is 47.8 Å². The molecule has 0 bridgehead atoms. The van der Waals surface area contributed by atoms with Gasteiger partial charge >= 0.3 is 11.9 Å². The zero-order chi connectivity index (χ0) is 17.9. The van der Waals surface area contributed by atoms with Gasteiger partial charge in [-0.25, -0.2) is 9.59 Å². The van der Waals surface area contributed by atoms with Gasteiger partial charge in [0.25, 0.3) is 0 Å². The Morgan fingerprint density at radius 3 is 2.33 bits per heavy atom. The number of anilines is 1. The number of ether oxygens (including phenoxy) is 2. The van der Waals surface area contributed by atoms with E-state index in [1.807, 2.05) is 13.0 Å². The average Bonchev–Trinajstić information content (AvgIpc) is 2.81. The molecule has 0 saturated carbocycles. The van der Waals surface area contributed by atoms with Gasteiger partial charge < -0.3 is 19.5 Å². The third kappa shape index (κ3) is 3.03. The minimum Gasteiger partial charge on any atom is -0.505 e. The van der Waals surface area contributed by atoms with Crippen LogP contribution in [0.25, 0.3) is 0 Å². The second-order valence-corrected chi connectivity index (χ2v) is 5.19. The molecule has 1 aliphatic heterocycles. The third-order valence-corrected chi connectivity index (χ3v) is 3.83. The van der Waals surface area contributed by atoms with Crippen LogP contribution in [0.1, 0.15) is 11.1 Å². The summed E-state index contributed by atoms with van der Waals surface area (Å²) in [5, 5.41) is 10.5. The molecule has 0 amide bonds.